The van der Waals surface area contributed by atoms with Gasteiger partial charge in [-0.15, -0.1) is 0 Å². The molecule has 1 N–H and O–H groups in total. The van der Waals surface area contributed by atoms with Gasteiger partial charge < -0.3 is 14.6 Å². The molecule has 1 saturated carbocycles. The summed E-state index contributed by atoms with van der Waals surface area (Å²) < 4.78 is 8.49. The summed E-state index contributed by atoms with van der Waals surface area (Å²) in [4.78, 5) is 20.3. The number of aromatic nitrogens is 2. The van der Waals surface area contributed by atoms with Gasteiger partial charge in [-0.3, -0.25) is 9.69 Å². The molecule has 35 heavy (non-hydrogen) atoms. The predicted molar refractivity (Wildman–Crippen MR) is 137 cm³/mol. The van der Waals surface area contributed by atoms with Crippen molar-refractivity contribution in [2.45, 2.75) is 69.6 Å². The molecule has 3 atom stereocenters. The van der Waals surface area contributed by atoms with Crippen LogP contribution in [0.2, 0.25) is 0 Å². The maximum Gasteiger partial charge on any atom is 0.223 e. The van der Waals surface area contributed by atoms with Crippen molar-refractivity contribution in [2.75, 3.05) is 19.8 Å². The Morgan fingerprint density at radius 3 is 2.46 bits per heavy atom. The number of hydrogen-bond donors (Lipinski definition) is 1. The molecule has 1 aliphatic carbocycles. The van der Waals surface area contributed by atoms with Crippen molar-refractivity contribution in [1.29, 1.82) is 0 Å². The lowest BCUT2D eigenvalue weighted by molar-refractivity contribution is -0.128. The molecule has 2 aromatic carbocycles. The van der Waals surface area contributed by atoms with Crippen LogP contribution in [0.1, 0.15) is 62.0 Å². The Balaban J connectivity index is 1.17. The van der Waals surface area contributed by atoms with Crippen molar-refractivity contribution < 1.29 is 9.53 Å². The van der Waals surface area contributed by atoms with Crippen LogP contribution in [-0.2, 0) is 9.53 Å². The minimum absolute atomic E-state index is 0.0588. The number of ether oxygens (including phenoxy) is 1. The number of carbonyl (C=O) groups excluding carboxylic acids is 1. The molecule has 2 aliphatic heterocycles. The average molecular weight is 473 g/mol. The van der Waals surface area contributed by atoms with E-state index in [4.69, 9.17) is 9.72 Å². The largest absolute Gasteiger partial charge is 0.378 e. The summed E-state index contributed by atoms with van der Waals surface area (Å²) in [7, 11) is 0. The van der Waals surface area contributed by atoms with E-state index < -0.39 is 0 Å². The van der Waals surface area contributed by atoms with Crippen molar-refractivity contribution in [3.05, 3.63) is 66.0 Å². The van der Waals surface area contributed by atoms with Gasteiger partial charge in [-0.05, 0) is 56.7 Å². The lowest BCUT2D eigenvalue weighted by Gasteiger charge is -2.49. The number of piperidine rings is 1. The number of fused-ring (bicyclic) bond motifs is 3. The van der Waals surface area contributed by atoms with E-state index in [2.05, 4.69) is 70.2 Å². The molecule has 6 rings (SSSR count). The van der Waals surface area contributed by atoms with Crippen molar-refractivity contribution in [2.24, 2.45) is 5.92 Å². The van der Waals surface area contributed by atoms with Crippen LogP contribution in [0.4, 0.5) is 0 Å². The highest BCUT2D eigenvalue weighted by atomic mass is 16.5. The number of hydrogen-bond acceptors (Lipinski definition) is 4. The number of amides is 1. The monoisotopic (exact) mass is 472 g/mol. The van der Waals surface area contributed by atoms with Crippen molar-refractivity contribution in [3.8, 4) is 0 Å². The Morgan fingerprint density at radius 2 is 1.74 bits per heavy atom. The number of para-hydroxylation sites is 2. The maximum atomic E-state index is 12.8. The maximum absolute atomic E-state index is 12.8. The summed E-state index contributed by atoms with van der Waals surface area (Å²) in [6.07, 6.45) is 6.31. The van der Waals surface area contributed by atoms with Gasteiger partial charge >= 0.3 is 0 Å². The predicted octanol–water partition coefficient (Wildman–Crippen LogP) is 4.80. The molecule has 6 heteroatoms. The summed E-state index contributed by atoms with van der Waals surface area (Å²) in [5.74, 6) is 1.54. The summed E-state index contributed by atoms with van der Waals surface area (Å²) in [5.41, 5.74) is 3.53. The number of rotatable bonds is 7. The molecule has 3 aliphatic rings. The lowest BCUT2D eigenvalue weighted by atomic mass is 9.84. The van der Waals surface area contributed by atoms with Crippen LogP contribution >= 0.6 is 0 Å². The molecular weight excluding hydrogens is 436 g/mol. The van der Waals surface area contributed by atoms with E-state index in [1.54, 1.807) is 0 Å². The second-order valence-electron chi connectivity index (χ2n) is 10.6. The van der Waals surface area contributed by atoms with Gasteiger partial charge in [-0.25, -0.2) is 4.98 Å². The van der Waals surface area contributed by atoms with Gasteiger partial charge in [0.2, 0.25) is 5.91 Å². The zero-order valence-electron chi connectivity index (χ0n) is 20.6. The van der Waals surface area contributed by atoms with Crippen LogP contribution in [0.15, 0.2) is 54.6 Å². The molecule has 1 amide bonds. The van der Waals surface area contributed by atoms with E-state index in [0.717, 1.165) is 63.2 Å². The number of carbonyl (C=O) groups is 1. The Labute approximate surface area is 207 Å². The van der Waals surface area contributed by atoms with E-state index >= 15 is 0 Å². The molecule has 2 bridgehead atoms. The molecule has 0 radical (unpaired) electrons. The van der Waals surface area contributed by atoms with Crippen molar-refractivity contribution in [1.82, 2.24) is 19.8 Å². The van der Waals surface area contributed by atoms with Crippen LogP contribution in [0.3, 0.4) is 0 Å². The molecule has 0 spiro atoms. The van der Waals surface area contributed by atoms with Gasteiger partial charge in [-0.1, -0.05) is 48.9 Å². The Bertz CT molecular complexity index is 1160. The molecule has 6 nitrogen and oxygen atoms in total. The van der Waals surface area contributed by atoms with Gasteiger partial charge in [-0.2, -0.15) is 0 Å². The molecule has 3 fully saturated rings. The van der Waals surface area contributed by atoms with Gasteiger partial charge in [0, 0.05) is 30.6 Å². The van der Waals surface area contributed by atoms with Crippen molar-refractivity contribution in [3.63, 3.8) is 0 Å². The van der Waals surface area contributed by atoms with Gasteiger partial charge in [0.15, 0.2) is 0 Å². The molecule has 3 aromatic rings. The Hall–Kier alpha value is -2.70. The van der Waals surface area contributed by atoms with Crippen LogP contribution in [0.5, 0.6) is 0 Å². The van der Waals surface area contributed by atoms with Crippen molar-refractivity contribution >= 4 is 16.9 Å². The first-order chi connectivity index (χ1) is 17.2. The Kier molecular flexibility index (Phi) is 6.33. The summed E-state index contributed by atoms with van der Waals surface area (Å²) in [6.45, 7) is 4.67. The van der Waals surface area contributed by atoms with E-state index in [-0.39, 0.29) is 17.9 Å². The molecule has 2 saturated heterocycles. The first-order valence-electron chi connectivity index (χ1n) is 13.3. The zero-order valence-corrected chi connectivity index (χ0v) is 20.6. The average Bonchev–Trinajstić information content (AvgIpc) is 3.16. The normalized spacial score (nSPS) is 25.8. The topological polar surface area (TPSA) is 59.4 Å². The molecule has 2 unspecified atom stereocenters. The molecular formula is C29H36N4O2. The highest BCUT2D eigenvalue weighted by molar-refractivity contribution is 5.79. The zero-order chi connectivity index (χ0) is 23.8. The third kappa shape index (κ3) is 4.50. The first-order valence-corrected chi connectivity index (χ1v) is 13.3. The second-order valence-corrected chi connectivity index (χ2v) is 10.6. The van der Waals surface area contributed by atoms with Crippen LogP contribution in [-0.4, -0.2) is 52.2 Å². The number of imidazole rings is 1. The summed E-state index contributed by atoms with van der Waals surface area (Å²) in [5, 5.41) is 3.39. The number of nitrogens with zero attached hydrogens (tertiary/aromatic N) is 3. The standard InChI is InChI=1S/C29H36N4O2/c1-20-30-27-12-5-6-13-28(27)33(20)23-16-24-18-35-19-25(17-23)32(24)15-14-26(21-8-3-2-4-9-21)31-29(34)22-10-7-11-22/h2-6,8-9,12-13,22-26H,7,10-11,14-19H2,1H3,(H,31,34)/t23?,24?,25?,26-/m1/s1. The van der Waals surface area contributed by atoms with Crippen LogP contribution in [0.25, 0.3) is 11.0 Å². The lowest BCUT2D eigenvalue weighted by Crippen LogP contribution is -2.57. The minimum atomic E-state index is 0.0588. The number of nitrogens with one attached hydrogen (secondary N) is 1. The van der Waals surface area contributed by atoms with E-state index in [0.29, 0.717) is 18.1 Å². The molecule has 3 heterocycles. The molecule has 1 aromatic heterocycles. The quantitative estimate of drug-likeness (QED) is 0.537. The Morgan fingerprint density at radius 1 is 1.03 bits per heavy atom. The van der Waals surface area contributed by atoms with Crippen LogP contribution in [0, 0.1) is 12.8 Å². The minimum Gasteiger partial charge on any atom is -0.378 e. The third-order valence-electron chi connectivity index (χ3n) is 8.45. The number of benzene rings is 2. The van der Waals surface area contributed by atoms with E-state index in [1.165, 1.54) is 17.5 Å². The highest BCUT2D eigenvalue weighted by Crippen LogP contribution is 2.37. The summed E-state index contributed by atoms with van der Waals surface area (Å²) in [6, 6.07) is 20.3. The van der Waals surface area contributed by atoms with Gasteiger partial charge in [0.05, 0.1) is 30.3 Å². The first kappa shape index (κ1) is 22.7. The fourth-order valence-electron chi connectivity index (χ4n) is 6.41. The fourth-order valence-corrected chi connectivity index (χ4v) is 6.41. The smallest absolute Gasteiger partial charge is 0.223 e. The SMILES string of the molecule is Cc1nc2ccccc2n1C1CC2COCC(C1)N2CC[C@@H](NC(=O)C1CCC1)c1ccccc1. The molecule has 184 valence electrons. The van der Waals surface area contributed by atoms with Gasteiger partial charge in [0.25, 0.3) is 0 Å². The number of aryl methyl sites for hydroxylation is 1. The summed E-state index contributed by atoms with van der Waals surface area (Å²) >= 11 is 0. The van der Waals surface area contributed by atoms with Crippen LogP contribution < -0.4 is 5.32 Å². The fraction of sp³-hybridized carbons (Fsp3) is 0.517. The third-order valence-corrected chi connectivity index (χ3v) is 8.45. The van der Waals surface area contributed by atoms with Gasteiger partial charge in [0.1, 0.15) is 5.82 Å². The van der Waals surface area contributed by atoms with E-state index in [1.807, 2.05) is 6.07 Å². The highest BCUT2D eigenvalue weighted by Gasteiger charge is 2.40. The number of morpholine rings is 1. The second kappa shape index (κ2) is 9.75. The van der Waals surface area contributed by atoms with E-state index in [9.17, 15) is 4.79 Å².